The lowest BCUT2D eigenvalue weighted by atomic mass is 10.0. The Morgan fingerprint density at radius 3 is 2.04 bits per heavy atom. The molecule has 1 saturated carbocycles. The molecule has 3 rings (SSSR count). The van der Waals surface area contributed by atoms with Crippen molar-refractivity contribution in [2.24, 2.45) is 0 Å². The molecule has 1 aromatic carbocycles. The Balaban J connectivity index is 1.92. The van der Waals surface area contributed by atoms with E-state index in [4.69, 9.17) is 0 Å². The van der Waals surface area contributed by atoms with Crippen molar-refractivity contribution < 1.29 is 26.3 Å². The minimum Gasteiger partial charge on any atom is -0.306 e. The molecule has 1 fully saturated rings. The number of nitrogens with one attached hydrogen (secondary N) is 1. The summed E-state index contributed by atoms with van der Waals surface area (Å²) in [5.41, 5.74) is -2.28. The number of hydrogen-bond donors (Lipinski definition) is 1. The summed E-state index contributed by atoms with van der Waals surface area (Å²) < 4.78 is 78.4. The van der Waals surface area contributed by atoms with E-state index in [1.54, 1.807) is 12.1 Å². The van der Waals surface area contributed by atoms with Crippen LogP contribution in [0, 0.1) is 0 Å². The molecular weight excluding hydrogens is 382 g/mol. The minimum absolute atomic E-state index is 0.0165. The van der Waals surface area contributed by atoms with Crippen LogP contribution in [0.15, 0.2) is 36.4 Å². The Kier molecular flexibility index (Phi) is 5.44. The Labute approximate surface area is 159 Å². The lowest BCUT2D eigenvalue weighted by Gasteiger charge is -2.25. The fourth-order valence-electron chi connectivity index (χ4n) is 3.48. The minimum atomic E-state index is -4.88. The van der Waals surface area contributed by atoms with Gasteiger partial charge in [-0.2, -0.15) is 26.3 Å². The van der Waals surface area contributed by atoms with Gasteiger partial charge in [-0.3, -0.25) is 4.98 Å². The van der Waals surface area contributed by atoms with Crippen LogP contribution < -0.4 is 5.32 Å². The van der Waals surface area contributed by atoms with Crippen LogP contribution in [0.1, 0.15) is 49.4 Å². The summed E-state index contributed by atoms with van der Waals surface area (Å²) in [6.45, 7) is 2.50. The van der Waals surface area contributed by atoms with E-state index in [0.717, 1.165) is 25.7 Å². The van der Waals surface area contributed by atoms with E-state index in [1.807, 2.05) is 0 Å². The van der Waals surface area contributed by atoms with Crippen LogP contribution >= 0.6 is 0 Å². The molecule has 152 valence electrons. The number of halogens is 6. The molecule has 0 atom stereocenters. The largest absolute Gasteiger partial charge is 0.416 e. The van der Waals surface area contributed by atoms with Crippen molar-refractivity contribution in [2.45, 2.75) is 57.0 Å². The maximum Gasteiger partial charge on any atom is 0.416 e. The van der Waals surface area contributed by atoms with Gasteiger partial charge in [-0.15, -0.1) is 0 Å². The number of pyridine rings is 1. The molecular formula is C20H20F6N2. The highest BCUT2D eigenvalue weighted by Gasteiger charge is 2.37. The summed E-state index contributed by atoms with van der Waals surface area (Å²) in [5.74, 6) is 0. The topological polar surface area (TPSA) is 24.9 Å². The van der Waals surface area contributed by atoms with Crippen molar-refractivity contribution in [3.63, 3.8) is 0 Å². The molecule has 1 N–H and O–H groups in total. The van der Waals surface area contributed by atoms with Gasteiger partial charge in [0.1, 0.15) is 0 Å². The second-order valence-corrected chi connectivity index (χ2v) is 7.43. The lowest BCUT2D eigenvalue weighted by Crippen LogP contribution is -2.38. The zero-order valence-electron chi connectivity index (χ0n) is 15.2. The van der Waals surface area contributed by atoms with Crippen LogP contribution in [0.2, 0.25) is 0 Å². The van der Waals surface area contributed by atoms with Crippen molar-refractivity contribution >= 4 is 0 Å². The summed E-state index contributed by atoms with van der Waals surface area (Å²) in [6.07, 6.45) is -5.47. The van der Waals surface area contributed by atoms with Crippen LogP contribution in [-0.4, -0.2) is 10.5 Å². The molecule has 0 bridgehead atoms. The SMILES string of the molecule is CC1(NCc2cccc(-c3cc(C(F)(F)F)cc(C(F)(F)F)c3)n2)CCCC1. The lowest BCUT2D eigenvalue weighted by molar-refractivity contribution is -0.143. The molecule has 0 saturated heterocycles. The molecule has 8 heteroatoms. The fraction of sp³-hybridized carbons (Fsp3) is 0.450. The summed E-state index contributed by atoms with van der Waals surface area (Å²) in [5, 5.41) is 3.40. The first-order chi connectivity index (χ1) is 13.0. The van der Waals surface area contributed by atoms with Crippen molar-refractivity contribution in [3.05, 3.63) is 53.2 Å². The molecule has 1 heterocycles. The highest BCUT2D eigenvalue weighted by Crippen LogP contribution is 2.38. The molecule has 2 aromatic rings. The third kappa shape index (κ3) is 4.84. The molecule has 1 aliphatic rings. The molecule has 1 aromatic heterocycles. The predicted octanol–water partition coefficient (Wildman–Crippen LogP) is 6.21. The number of alkyl halides is 6. The van der Waals surface area contributed by atoms with Gasteiger partial charge in [0.25, 0.3) is 0 Å². The van der Waals surface area contributed by atoms with Gasteiger partial charge >= 0.3 is 12.4 Å². The van der Waals surface area contributed by atoms with Crippen molar-refractivity contribution in [3.8, 4) is 11.3 Å². The van der Waals surface area contributed by atoms with Gasteiger partial charge in [0.15, 0.2) is 0 Å². The van der Waals surface area contributed by atoms with E-state index in [2.05, 4.69) is 17.2 Å². The average molecular weight is 402 g/mol. The zero-order chi connectivity index (χ0) is 20.6. The quantitative estimate of drug-likeness (QED) is 0.615. The van der Waals surface area contributed by atoms with Crippen LogP contribution in [0.3, 0.4) is 0 Å². The number of rotatable bonds is 4. The van der Waals surface area contributed by atoms with E-state index in [9.17, 15) is 26.3 Å². The number of hydrogen-bond acceptors (Lipinski definition) is 2. The van der Waals surface area contributed by atoms with E-state index >= 15 is 0 Å². The molecule has 1 aliphatic carbocycles. The van der Waals surface area contributed by atoms with Crippen LogP contribution in [-0.2, 0) is 18.9 Å². The van der Waals surface area contributed by atoms with E-state index in [-0.39, 0.29) is 22.9 Å². The monoisotopic (exact) mass is 402 g/mol. The third-order valence-corrected chi connectivity index (χ3v) is 5.09. The first kappa shape index (κ1) is 20.6. The number of aromatic nitrogens is 1. The van der Waals surface area contributed by atoms with Gasteiger partial charge in [0.05, 0.1) is 22.5 Å². The zero-order valence-corrected chi connectivity index (χ0v) is 15.2. The predicted molar refractivity (Wildman–Crippen MR) is 93.4 cm³/mol. The van der Waals surface area contributed by atoms with Crippen LogP contribution in [0.25, 0.3) is 11.3 Å². The number of benzene rings is 1. The summed E-state index contributed by atoms with van der Waals surface area (Å²) in [4.78, 5) is 4.28. The van der Waals surface area contributed by atoms with Gasteiger partial charge in [-0.25, -0.2) is 0 Å². The first-order valence-corrected chi connectivity index (χ1v) is 8.97. The Morgan fingerprint density at radius 1 is 0.929 bits per heavy atom. The van der Waals surface area contributed by atoms with Gasteiger partial charge in [-0.05, 0) is 50.1 Å². The Hall–Kier alpha value is -2.09. The molecule has 0 amide bonds. The average Bonchev–Trinajstić information content (AvgIpc) is 3.05. The van der Waals surface area contributed by atoms with Gasteiger partial charge in [-0.1, -0.05) is 18.9 Å². The molecule has 0 radical (unpaired) electrons. The standard InChI is InChI=1S/C20H20F6N2/c1-18(7-2-3-8-18)27-12-16-5-4-6-17(28-16)13-9-14(19(21,22)23)11-15(10-13)20(24,25)26/h4-6,9-11,27H,2-3,7-8,12H2,1H3. The van der Waals surface area contributed by atoms with E-state index in [1.165, 1.54) is 6.07 Å². The molecule has 0 aliphatic heterocycles. The third-order valence-electron chi connectivity index (χ3n) is 5.09. The molecule has 0 unspecified atom stereocenters. The normalized spacial score (nSPS) is 17.1. The van der Waals surface area contributed by atoms with Crippen molar-refractivity contribution in [1.82, 2.24) is 10.3 Å². The second kappa shape index (κ2) is 7.39. The summed E-state index contributed by atoms with van der Waals surface area (Å²) in [7, 11) is 0. The van der Waals surface area contributed by atoms with Crippen LogP contribution in [0.4, 0.5) is 26.3 Å². The summed E-state index contributed by atoms with van der Waals surface area (Å²) >= 11 is 0. The van der Waals surface area contributed by atoms with Gasteiger partial charge in [0.2, 0.25) is 0 Å². The van der Waals surface area contributed by atoms with Gasteiger partial charge in [0, 0.05) is 17.6 Å². The van der Waals surface area contributed by atoms with Crippen molar-refractivity contribution in [1.29, 1.82) is 0 Å². The maximum atomic E-state index is 13.1. The highest BCUT2D eigenvalue weighted by atomic mass is 19.4. The molecule has 2 nitrogen and oxygen atoms in total. The number of nitrogens with zero attached hydrogens (tertiary/aromatic N) is 1. The summed E-state index contributed by atoms with van der Waals surface area (Å²) in [6, 6.07) is 6.23. The first-order valence-electron chi connectivity index (χ1n) is 8.97. The van der Waals surface area contributed by atoms with Gasteiger partial charge < -0.3 is 5.32 Å². The van der Waals surface area contributed by atoms with E-state index in [0.29, 0.717) is 24.4 Å². The Bertz CT molecular complexity index is 803. The second-order valence-electron chi connectivity index (χ2n) is 7.43. The molecule has 28 heavy (non-hydrogen) atoms. The highest BCUT2D eigenvalue weighted by molar-refractivity contribution is 5.62. The fourth-order valence-corrected chi connectivity index (χ4v) is 3.48. The van der Waals surface area contributed by atoms with Crippen molar-refractivity contribution in [2.75, 3.05) is 0 Å². The smallest absolute Gasteiger partial charge is 0.306 e. The Morgan fingerprint density at radius 2 is 1.50 bits per heavy atom. The maximum absolute atomic E-state index is 13.1. The molecule has 0 spiro atoms. The van der Waals surface area contributed by atoms with E-state index < -0.39 is 23.5 Å². The van der Waals surface area contributed by atoms with Crippen LogP contribution in [0.5, 0.6) is 0 Å².